The standard InChI is InChI=1S/C18H37NO4S.Na/c1-2-3-4-5-6-7-8-9-10-11-12-13-14-15-18(20)19-16-17-24(21,22)23;/h2-17H2,1H3,(H,19,20)(H,21,22,23);. The van der Waals surface area contributed by atoms with Crippen molar-refractivity contribution in [2.45, 2.75) is 96.8 Å². The van der Waals surface area contributed by atoms with Gasteiger partial charge in [-0.25, -0.2) is 0 Å². The summed E-state index contributed by atoms with van der Waals surface area (Å²) >= 11 is 0. The molecule has 0 aromatic carbocycles. The van der Waals surface area contributed by atoms with Crippen molar-refractivity contribution >= 4 is 45.6 Å². The van der Waals surface area contributed by atoms with Crippen LogP contribution in [0.4, 0.5) is 0 Å². The molecule has 1 radical (unpaired) electrons. The molecule has 0 aromatic rings. The minimum Gasteiger partial charge on any atom is -0.355 e. The van der Waals surface area contributed by atoms with Crippen LogP contribution in [0.1, 0.15) is 96.8 Å². The monoisotopic (exact) mass is 386 g/mol. The molecule has 0 heterocycles. The van der Waals surface area contributed by atoms with Gasteiger partial charge in [-0.3, -0.25) is 9.35 Å². The zero-order valence-corrected chi connectivity index (χ0v) is 19.2. The molecule has 0 unspecified atom stereocenters. The number of carbonyl (C=O) groups excluding carboxylic acids is 1. The largest absolute Gasteiger partial charge is 0.355 e. The van der Waals surface area contributed by atoms with Crippen molar-refractivity contribution in [1.29, 1.82) is 0 Å². The van der Waals surface area contributed by atoms with Gasteiger partial charge in [-0.2, -0.15) is 8.42 Å². The average Bonchev–Trinajstić information content (AvgIpc) is 2.50. The predicted molar refractivity (Wildman–Crippen MR) is 105 cm³/mol. The molecule has 2 N–H and O–H groups in total. The van der Waals surface area contributed by atoms with Crippen molar-refractivity contribution in [3.63, 3.8) is 0 Å². The second kappa shape index (κ2) is 19.2. The van der Waals surface area contributed by atoms with Crippen LogP contribution in [-0.2, 0) is 14.9 Å². The second-order valence-corrected chi connectivity index (χ2v) is 8.20. The predicted octanol–water partition coefficient (Wildman–Crippen LogP) is 4.09. The molecule has 0 aromatic heterocycles. The fraction of sp³-hybridized carbons (Fsp3) is 0.944. The quantitative estimate of drug-likeness (QED) is 0.224. The van der Waals surface area contributed by atoms with Crippen molar-refractivity contribution in [1.82, 2.24) is 5.32 Å². The van der Waals surface area contributed by atoms with Gasteiger partial charge in [-0.05, 0) is 6.42 Å². The van der Waals surface area contributed by atoms with Gasteiger partial charge < -0.3 is 5.32 Å². The van der Waals surface area contributed by atoms with E-state index < -0.39 is 15.9 Å². The van der Waals surface area contributed by atoms with Gasteiger partial charge >= 0.3 is 0 Å². The van der Waals surface area contributed by atoms with E-state index in [-0.39, 0.29) is 42.0 Å². The smallest absolute Gasteiger partial charge is 0.266 e. The summed E-state index contributed by atoms with van der Waals surface area (Å²) in [6, 6.07) is 0. The van der Waals surface area contributed by atoms with Crippen LogP contribution >= 0.6 is 0 Å². The van der Waals surface area contributed by atoms with E-state index >= 15 is 0 Å². The molecule has 1 amide bonds. The van der Waals surface area contributed by atoms with Gasteiger partial charge in [0, 0.05) is 42.5 Å². The summed E-state index contributed by atoms with van der Waals surface area (Å²) in [5.41, 5.74) is 0. The van der Waals surface area contributed by atoms with E-state index in [0.29, 0.717) is 6.42 Å². The maximum atomic E-state index is 11.4. The normalized spacial score (nSPS) is 11.1. The molecule has 0 atom stereocenters. The van der Waals surface area contributed by atoms with E-state index in [1.54, 1.807) is 0 Å². The molecule has 0 aliphatic rings. The Morgan fingerprint density at radius 1 is 0.800 bits per heavy atom. The van der Waals surface area contributed by atoms with E-state index in [1.165, 1.54) is 64.2 Å². The Labute approximate surface area is 177 Å². The molecule has 0 fully saturated rings. The van der Waals surface area contributed by atoms with Crippen LogP contribution in [0, 0.1) is 0 Å². The summed E-state index contributed by atoms with van der Waals surface area (Å²) in [5.74, 6) is -0.557. The van der Waals surface area contributed by atoms with Gasteiger partial charge in [0.05, 0.1) is 5.75 Å². The van der Waals surface area contributed by atoms with Crippen LogP contribution in [0.5, 0.6) is 0 Å². The maximum absolute atomic E-state index is 11.4. The fourth-order valence-electron chi connectivity index (χ4n) is 2.71. The summed E-state index contributed by atoms with van der Waals surface area (Å²) in [6.07, 6.45) is 16.9. The third-order valence-electron chi connectivity index (χ3n) is 4.19. The first kappa shape index (κ1) is 27.6. The van der Waals surface area contributed by atoms with E-state index in [2.05, 4.69) is 12.2 Å². The number of nitrogens with one attached hydrogen (secondary N) is 1. The molecule has 0 saturated carbocycles. The molecule has 0 aliphatic carbocycles. The Kier molecular flexibility index (Phi) is 21.1. The third kappa shape index (κ3) is 24.4. The van der Waals surface area contributed by atoms with Gasteiger partial charge in [0.15, 0.2) is 0 Å². The van der Waals surface area contributed by atoms with Gasteiger partial charge in [0.2, 0.25) is 5.91 Å². The van der Waals surface area contributed by atoms with Crippen molar-refractivity contribution in [3.05, 3.63) is 0 Å². The maximum Gasteiger partial charge on any atom is 0.266 e. The molecule has 0 aliphatic heterocycles. The zero-order valence-electron chi connectivity index (χ0n) is 16.4. The van der Waals surface area contributed by atoms with E-state index in [0.717, 1.165) is 19.3 Å². The minimum atomic E-state index is -3.98. The Hall–Kier alpha value is 0.380. The molecular weight excluding hydrogens is 349 g/mol. The molecule has 0 spiro atoms. The molecular formula is C18H37NNaO4S. The zero-order chi connectivity index (χ0) is 18.1. The number of carbonyl (C=O) groups is 1. The van der Waals surface area contributed by atoms with E-state index in [4.69, 9.17) is 4.55 Å². The molecule has 0 rings (SSSR count). The first-order valence-electron chi connectivity index (χ1n) is 9.67. The third-order valence-corrected chi connectivity index (χ3v) is 4.91. The van der Waals surface area contributed by atoms with Crippen LogP contribution < -0.4 is 5.32 Å². The van der Waals surface area contributed by atoms with Crippen molar-refractivity contribution in [2.75, 3.05) is 12.3 Å². The second-order valence-electron chi connectivity index (χ2n) is 6.63. The first-order chi connectivity index (χ1) is 11.5. The van der Waals surface area contributed by atoms with Gasteiger partial charge in [-0.15, -0.1) is 0 Å². The summed E-state index contributed by atoms with van der Waals surface area (Å²) in [4.78, 5) is 11.4. The number of hydrogen-bond donors (Lipinski definition) is 2. The average molecular weight is 387 g/mol. The number of amides is 1. The van der Waals surface area contributed by atoms with Crippen LogP contribution in [0.3, 0.4) is 0 Å². The fourth-order valence-corrected chi connectivity index (χ4v) is 3.07. The molecule has 5 nitrogen and oxygen atoms in total. The topological polar surface area (TPSA) is 83.5 Å². The van der Waals surface area contributed by atoms with Crippen molar-refractivity contribution in [2.24, 2.45) is 0 Å². The van der Waals surface area contributed by atoms with Crippen LogP contribution in [0.15, 0.2) is 0 Å². The molecule has 25 heavy (non-hydrogen) atoms. The Balaban J connectivity index is 0. The van der Waals surface area contributed by atoms with Crippen molar-refractivity contribution < 1.29 is 17.8 Å². The number of rotatable bonds is 17. The molecule has 0 saturated heterocycles. The summed E-state index contributed by atoms with van der Waals surface area (Å²) in [6.45, 7) is 2.23. The first-order valence-corrected chi connectivity index (χ1v) is 11.3. The van der Waals surface area contributed by atoms with Gasteiger partial charge in [0.1, 0.15) is 0 Å². The summed E-state index contributed by atoms with van der Waals surface area (Å²) in [5, 5.41) is 2.50. The Morgan fingerprint density at radius 3 is 1.60 bits per heavy atom. The van der Waals surface area contributed by atoms with E-state index in [1.807, 2.05) is 0 Å². The van der Waals surface area contributed by atoms with Gasteiger partial charge in [-0.1, -0.05) is 84.0 Å². The van der Waals surface area contributed by atoms with Crippen LogP contribution in [-0.4, -0.2) is 60.7 Å². The van der Waals surface area contributed by atoms with Crippen LogP contribution in [0.2, 0.25) is 0 Å². The van der Waals surface area contributed by atoms with Crippen molar-refractivity contribution in [3.8, 4) is 0 Å². The Morgan fingerprint density at radius 2 is 1.20 bits per heavy atom. The Bertz CT molecular complexity index is 402. The molecule has 7 heteroatoms. The molecule has 145 valence electrons. The van der Waals surface area contributed by atoms with E-state index in [9.17, 15) is 13.2 Å². The summed E-state index contributed by atoms with van der Waals surface area (Å²) in [7, 11) is -3.98. The summed E-state index contributed by atoms with van der Waals surface area (Å²) < 4.78 is 29.6. The SMILES string of the molecule is CCCCCCCCCCCCCCCC(=O)NCCS(=O)(=O)O.[Na]. The van der Waals surface area contributed by atoms with Gasteiger partial charge in [0.25, 0.3) is 10.1 Å². The number of hydrogen-bond acceptors (Lipinski definition) is 3. The minimum absolute atomic E-state index is 0. The molecule has 0 bridgehead atoms. The van der Waals surface area contributed by atoms with Crippen LogP contribution in [0.25, 0.3) is 0 Å². The number of unbranched alkanes of at least 4 members (excludes halogenated alkanes) is 12.